The van der Waals surface area contributed by atoms with E-state index in [0.29, 0.717) is 12.0 Å². The first-order chi connectivity index (χ1) is 11.8. The van der Waals surface area contributed by atoms with Gasteiger partial charge in [-0.15, -0.1) is 11.3 Å². The second-order valence-electron chi connectivity index (χ2n) is 7.47. The summed E-state index contributed by atoms with van der Waals surface area (Å²) in [5, 5.41) is 14.0. The molecule has 134 valence electrons. The molecule has 0 saturated carbocycles. The lowest BCUT2D eigenvalue weighted by Gasteiger charge is -2.22. The van der Waals surface area contributed by atoms with E-state index in [1.807, 2.05) is 45.0 Å². The number of amides is 1. The van der Waals surface area contributed by atoms with E-state index in [9.17, 15) is 9.90 Å². The molecule has 25 heavy (non-hydrogen) atoms. The number of carbonyl (C=O) groups is 1. The van der Waals surface area contributed by atoms with Crippen molar-refractivity contribution >= 4 is 17.2 Å². The Morgan fingerprint density at radius 2 is 2.08 bits per heavy atom. The fourth-order valence-corrected chi connectivity index (χ4v) is 4.23. The van der Waals surface area contributed by atoms with Gasteiger partial charge in [-0.05, 0) is 70.6 Å². The van der Waals surface area contributed by atoms with Crippen LogP contribution in [0.25, 0.3) is 0 Å². The van der Waals surface area contributed by atoms with Gasteiger partial charge in [-0.25, -0.2) is 4.98 Å². The largest absolute Gasteiger partial charge is 0.390 e. The van der Waals surface area contributed by atoms with Crippen molar-refractivity contribution in [3.63, 3.8) is 0 Å². The molecule has 2 N–H and O–H groups in total. The maximum Gasteiger partial charge on any atom is 0.251 e. The van der Waals surface area contributed by atoms with E-state index in [2.05, 4.69) is 10.3 Å². The van der Waals surface area contributed by atoms with Gasteiger partial charge < -0.3 is 10.4 Å². The Balaban J connectivity index is 1.64. The molecule has 0 unspecified atom stereocenters. The average Bonchev–Trinajstić information content (AvgIpc) is 2.94. The summed E-state index contributed by atoms with van der Waals surface area (Å²) in [6.45, 7) is 5.65. The van der Waals surface area contributed by atoms with E-state index in [4.69, 9.17) is 0 Å². The second kappa shape index (κ2) is 7.26. The number of hydrogen-bond donors (Lipinski definition) is 2. The smallest absolute Gasteiger partial charge is 0.251 e. The molecule has 0 aliphatic heterocycles. The van der Waals surface area contributed by atoms with E-state index in [1.54, 1.807) is 11.3 Å². The van der Waals surface area contributed by atoms with Gasteiger partial charge in [0.2, 0.25) is 0 Å². The molecule has 1 aliphatic rings. The lowest BCUT2D eigenvalue weighted by Crippen LogP contribution is -2.31. The fourth-order valence-electron chi connectivity index (χ4n) is 3.20. The lowest BCUT2D eigenvalue weighted by atomic mass is 9.96. The topological polar surface area (TPSA) is 62.2 Å². The van der Waals surface area contributed by atoms with E-state index >= 15 is 0 Å². The summed E-state index contributed by atoms with van der Waals surface area (Å²) >= 11 is 1.74. The van der Waals surface area contributed by atoms with Crippen molar-refractivity contribution in [2.24, 2.45) is 0 Å². The van der Waals surface area contributed by atoms with Crippen LogP contribution in [0, 0.1) is 6.92 Å². The number of nitrogens with one attached hydrogen (secondary N) is 1. The summed E-state index contributed by atoms with van der Waals surface area (Å²) in [6.07, 6.45) is 4.62. The standard InChI is InChI=1S/C20H26N2O2S/c1-13-21-18-16(5-4-6-17(18)25-13)22-19(23)15-9-7-14(8-10-15)11-12-20(2,3)24/h7-10,16,24H,4-6,11-12H2,1-3H3,(H,22,23)/t16-/m0/s1. The van der Waals surface area contributed by atoms with E-state index in [0.717, 1.165) is 41.9 Å². The number of aliphatic hydroxyl groups is 1. The van der Waals surface area contributed by atoms with Gasteiger partial charge in [-0.1, -0.05) is 12.1 Å². The van der Waals surface area contributed by atoms with Gasteiger partial charge in [0, 0.05) is 10.4 Å². The monoisotopic (exact) mass is 358 g/mol. The van der Waals surface area contributed by atoms with Gasteiger partial charge in [0.15, 0.2) is 0 Å². The molecule has 1 aromatic carbocycles. The summed E-state index contributed by atoms with van der Waals surface area (Å²) in [4.78, 5) is 18.5. The van der Waals surface area contributed by atoms with Gasteiger partial charge >= 0.3 is 0 Å². The molecule has 4 nitrogen and oxygen atoms in total. The molecular formula is C20H26N2O2S. The van der Waals surface area contributed by atoms with Crippen LogP contribution in [0.5, 0.6) is 0 Å². The van der Waals surface area contributed by atoms with Crippen molar-refractivity contribution in [3.05, 3.63) is 51.0 Å². The molecule has 0 bridgehead atoms. The van der Waals surface area contributed by atoms with Gasteiger partial charge in [0.1, 0.15) is 0 Å². The first-order valence-electron chi connectivity index (χ1n) is 8.90. The maximum absolute atomic E-state index is 12.6. The number of fused-ring (bicyclic) bond motifs is 1. The predicted octanol–water partition coefficient (Wildman–Crippen LogP) is 3.96. The molecule has 3 rings (SSSR count). The van der Waals surface area contributed by atoms with E-state index < -0.39 is 5.60 Å². The van der Waals surface area contributed by atoms with Crippen molar-refractivity contribution in [2.45, 2.75) is 64.5 Å². The third-order valence-corrected chi connectivity index (χ3v) is 5.65. The highest BCUT2D eigenvalue weighted by molar-refractivity contribution is 7.11. The summed E-state index contributed by atoms with van der Waals surface area (Å²) in [5.74, 6) is -0.0439. The zero-order valence-corrected chi connectivity index (χ0v) is 15.9. The number of hydrogen-bond acceptors (Lipinski definition) is 4. The minimum atomic E-state index is -0.666. The van der Waals surface area contributed by atoms with Gasteiger partial charge in [0.05, 0.1) is 22.3 Å². The molecule has 0 spiro atoms. The second-order valence-corrected chi connectivity index (χ2v) is 8.76. The van der Waals surface area contributed by atoms with Crippen LogP contribution in [-0.2, 0) is 12.8 Å². The van der Waals surface area contributed by atoms with Gasteiger partial charge in [-0.3, -0.25) is 4.79 Å². The minimum Gasteiger partial charge on any atom is -0.390 e. The summed E-state index contributed by atoms with van der Waals surface area (Å²) in [7, 11) is 0. The molecule has 1 amide bonds. The molecular weight excluding hydrogens is 332 g/mol. The lowest BCUT2D eigenvalue weighted by molar-refractivity contribution is 0.0713. The van der Waals surface area contributed by atoms with Crippen molar-refractivity contribution in [1.82, 2.24) is 10.3 Å². The zero-order chi connectivity index (χ0) is 18.0. The summed E-state index contributed by atoms with van der Waals surface area (Å²) in [6, 6.07) is 7.70. The quantitative estimate of drug-likeness (QED) is 0.850. The number of carbonyl (C=O) groups excluding carboxylic acids is 1. The van der Waals surface area contributed by atoms with Crippen molar-refractivity contribution < 1.29 is 9.90 Å². The normalized spacial score (nSPS) is 17.2. The van der Waals surface area contributed by atoms with Crippen molar-refractivity contribution in [3.8, 4) is 0 Å². The first kappa shape index (κ1) is 18.1. The molecule has 0 radical (unpaired) electrons. The predicted molar refractivity (Wildman–Crippen MR) is 101 cm³/mol. The highest BCUT2D eigenvalue weighted by Crippen LogP contribution is 2.33. The molecule has 0 saturated heterocycles. The van der Waals surface area contributed by atoms with Crippen LogP contribution in [0.1, 0.15) is 70.7 Å². The number of benzene rings is 1. The Bertz CT molecular complexity index is 744. The minimum absolute atomic E-state index is 0.0241. The number of rotatable bonds is 5. The number of nitrogens with zero attached hydrogens (tertiary/aromatic N) is 1. The average molecular weight is 359 g/mol. The third kappa shape index (κ3) is 4.67. The van der Waals surface area contributed by atoms with Gasteiger partial charge in [-0.2, -0.15) is 0 Å². The fraction of sp³-hybridized carbons (Fsp3) is 0.500. The van der Waals surface area contributed by atoms with Crippen LogP contribution < -0.4 is 5.32 Å². The molecule has 5 heteroatoms. The van der Waals surface area contributed by atoms with Crippen LogP contribution in [0.4, 0.5) is 0 Å². The summed E-state index contributed by atoms with van der Waals surface area (Å²) < 4.78 is 0. The molecule has 1 aliphatic carbocycles. The molecule has 0 fully saturated rings. The molecule has 2 aromatic rings. The van der Waals surface area contributed by atoms with Crippen LogP contribution in [0.2, 0.25) is 0 Å². The first-order valence-corrected chi connectivity index (χ1v) is 9.72. The van der Waals surface area contributed by atoms with Crippen LogP contribution in [-0.4, -0.2) is 21.6 Å². The molecule has 1 aromatic heterocycles. The zero-order valence-electron chi connectivity index (χ0n) is 15.1. The highest BCUT2D eigenvalue weighted by Gasteiger charge is 2.25. The number of aromatic nitrogens is 1. The maximum atomic E-state index is 12.6. The van der Waals surface area contributed by atoms with Gasteiger partial charge in [0.25, 0.3) is 5.91 Å². The summed E-state index contributed by atoms with van der Waals surface area (Å²) in [5.41, 5.74) is 2.20. The SMILES string of the molecule is Cc1nc2c(s1)CCC[C@@H]2NC(=O)c1ccc(CCC(C)(C)O)cc1. The van der Waals surface area contributed by atoms with Crippen LogP contribution in [0.15, 0.2) is 24.3 Å². The van der Waals surface area contributed by atoms with Crippen LogP contribution in [0.3, 0.4) is 0 Å². The van der Waals surface area contributed by atoms with E-state index in [1.165, 1.54) is 4.88 Å². The molecule has 1 atom stereocenters. The van der Waals surface area contributed by atoms with Crippen molar-refractivity contribution in [2.75, 3.05) is 0 Å². The highest BCUT2D eigenvalue weighted by atomic mass is 32.1. The van der Waals surface area contributed by atoms with Crippen molar-refractivity contribution in [1.29, 1.82) is 0 Å². The Kier molecular flexibility index (Phi) is 5.25. The number of thiazole rings is 1. The van der Waals surface area contributed by atoms with Crippen LogP contribution >= 0.6 is 11.3 Å². The van der Waals surface area contributed by atoms with E-state index in [-0.39, 0.29) is 11.9 Å². The molecule has 1 heterocycles. The Hall–Kier alpha value is -1.72. The number of aryl methyl sites for hydroxylation is 3. The Labute approximate surface area is 153 Å². The Morgan fingerprint density at radius 3 is 2.76 bits per heavy atom. The Morgan fingerprint density at radius 1 is 1.36 bits per heavy atom. The third-order valence-electron chi connectivity index (χ3n) is 4.61.